The normalized spacial score (nSPS) is 12.1. The average Bonchev–Trinajstić information content (AvgIpc) is 2.55. The summed E-state index contributed by atoms with van der Waals surface area (Å²) in [6, 6.07) is 14.2. The molecule has 5 heteroatoms. The number of hydrogen-bond acceptors (Lipinski definition) is 2. The number of halogens is 1. The van der Waals surface area contributed by atoms with E-state index >= 15 is 0 Å². The second-order valence-electron chi connectivity index (χ2n) is 6.34. The van der Waals surface area contributed by atoms with Crippen LogP contribution in [-0.2, 0) is 0 Å². The van der Waals surface area contributed by atoms with Crippen molar-refractivity contribution in [2.45, 2.75) is 6.04 Å². The van der Waals surface area contributed by atoms with Gasteiger partial charge in [-0.1, -0.05) is 18.2 Å². The van der Waals surface area contributed by atoms with Gasteiger partial charge in [0.2, 0.25) is 0 Å². The van der Waals surface area contributed by atoms with Gasteiger partial charge in [0.15, 0.2) is 0 Å². The molecule has 1 atom stereocenters. The predicted molar refractivity (Wildman–Crippen MR) is 95.1 cm³/mol. The number of carbonyl (C=O) groups excluding carboxylic acids is 1. The molecular formula is C19H25FN3O+. The van der Waals surface area contributed by atoms with E-state index in [1.54, 1.807) is 12.1 Å². The summed E-state index contributed by atoms with van der Waals surface area (Å²) >= 11 is 0. The van der Waals surface area contributed by atoms with Crippen LogP contribution in [0, 0.1) is 5.82 Å². The van der Waals surface area contributed by atoms with Gasteiger partial charge in [-0.05, 0) is 30.3 Å². The van der Waals surface area contributed by atoms with Gasteiger partial charge in [0.1, 0.15) is 11.9 Å². The van der Waals surface area contributed by atoms with E-state index in [0.717, 1.165) is 11.3 Å². The standard InChI is InChI=1S/C19H24FN3O/c1-22(2)17-10-8-14(9-11-17)18(23(3)4)13-21-19(24)15-6-5-7-16(20)12-15/h5-12,18H,13H2,1-4H3,(H,21,24)/p+1/t18-/m1/s1. The Hall–Kier alpha value is -2.40. The van der Waals surface area contributed by atoms with Crippen LogP contribution in [0.4, 0.5) is 10.1 Å². The van der Waals surface area contributed by atoms with Crippen LogP contribution in [0.1, 0.15) is 22.0 Å². The fourth-order valence-electron chi connectivity index (χ4n) is 2.59. The molecule has 4 nitrogen and oxygen atoms in total. The molecule has 0 aliphatic carbocycles. The van der Waals surface area contributed by atoms with E-state index in [2.05, 4.69) is 43.7 Å². The molecule has 0 heterocycles. The van der Waals surface area contributed by atoms with Gasteiger partial charge in [0.05, 0.1) is 20.6 Å². The molecule has 128 valence electrons. The first-order valence-corrected chi connectivity index (χ1v) is 7.99. The maximum absolute atomic E-state index is 13.2. The van der Waals surface area contributed by atoms with Crippen molar-refractivity contribution < 1.29 is 14.1 Å². The molecule has 0 aromatic heterocycles. The Balaban J connectivity index is 2.07. The van der Waals surface area contributed by atoms with Crippen molar-refractivity contribution in [1.82, 2.24) is 5.32 Å². The molecule has 0 bridgehead atoms. The molecule has 2 aromatic carbocycles. The molecule has 24 heavy (non-hydrogen) atoms. The minimum atomic E-state index is -0.406. The molecule has 0 spiro atoms. The molecule has 2 aromatic rings. The monoisotopic (exact) mass is 330 g/mol. The summed E-state index contributed by atoms with van der Waals surface area (Å²) in [5.74, 6) is -0.664. The van der Waals surface area contributed by atoms with Crippen molar-refractivity contribution in [3.63, 3.8) is 0 Å². The Morgan fingerprint density at radius 1 is 1.17 bits per heavy atom. The summed E-state index contributed by atoms with van der Waals surface area (Å²) in [6.45, 7) is 0.485. The third-order valence-electron chi connectivity index (χ3n) is 4.06. The van der Waals surface area contributed by atoms with Crippen LogP contribution < -0.4 is 15.1 Å². The van der Waals surface area contributed by atoms with Crippen molar-refractivity contribution in [2.24, 2.45) is 0 Å². The second-order valence-corrected chi connectivity index (χ2v) is 6.34. The first kappa shape index (κ1) is 17.9. The van der Waals surface area contributed by atoms with Crippen molar-refractivity contribution in [3.05, 3.63) is 65.5 Å². The highest BCUT2D eigenvalue weighted by Gasteiger charge is 2.19. The van der Waals surface area contributed by atoms with Crippen LogP contribution in [0.15, 0.2) is 48.5 Å². The van der Waals surface area contributed by atoms with Crippen LogP contribution in [0.3, 0.4) is 0 Å². The maximum atomic E-state index is 13.2. The van der Waals surface area contributed by atoms with E-state index in [4.69, 9.17) is 0 Å². The van der Waals surface area contributed by atoms with Crippen LogP contribution in [0.25, 0.3) is 0 Å². The highest BCUT2D eigenvalue weighted by atomic mass is 19.1. The third-order valence-corrected chi connectivity index (χ3v) is 4.06. The van der Waals surface area contributed by atoms with Gasteiger partial charge in [0.25, 0.3) is 5.91 Å². The number of nitrogens with zero attached hydrogens (tertiary/aromatic N) is 1. The SMILES string of the molecule is CN(C)c1ccc([C@@H](CNC(=O)c2cccc(F)c2)[NH+](C)C)cc1. The predicted octanol–water partition coefficient (Wildman–Crippen LogP) is 1.51. The number of benzene rings is 2. The van der Waals surface area contributed by atoms with Gasteiger partial charge in [-0.3, -0.25) is 4.79 Å². The van der Waals surface area contributed by atoms with Gasteiger partial charge < -0.3 is 15.1 Å². The molecule has 0 saturated carbocycles. The summed E-state index contributed by atoms with van der Waals surface area (Å²) < 4.78 is 13.2. The molecule has 0 unspecified atom stereocenters. The Bertz CT molecular complexity index is 683. The minimum Gasteiger partial charge on any atom is -0.378 e. The third kappa shape index (κ3) is 4.55. The number of rotatable bonds is 6. The van der Waals surface area contributed by atoms with Gasteiger partial charge in [-0.2, -0.15) is 0 Å². The summed E-state index contributed by atoms with van der Waals surface area (Å²) in [5, 5.41) is 2.91. The number of carbonyl (C=O) groups is 1. The van der Waals surface area contributed by atoms with Gasteiger partial charge in [-0.15, -0.1) is 0 Å². The molecule has 0 aliphatic rings. The molecule has 1 amide bonds. The van der Waals surface area contributed by atoms with Crippen molar-refractivity contribution in [3.8, 4) is 0 Å². The van der Waals surface area contributed by atoms with E-state index in [-0.39, 0.29) is 11.9 Å². The molecule has 0 fully saturated rings. The summed E-state index contributed by atoms with van der Waals surface area (Å²) in [6.07, 6.45) is 0. The van der Waals surface area contributed by atoms with E-state index in [9.17, 15) is 9.18 Å². The largest absolute Gasteiger partial charge is 0.378 e. The Labute approximate surface area is 142 Å². The van der Waals surface area contributed by atoms with Crippen LogP contribution in [0.5, 0.6) is 0 Å². The van der Waals surface area contributed by atoms with Crippen molar-refractivity contribution in [2.75, 3.05) is 39.6 Å². The zero-order valence-electron chi connectivity index (χ0n) is 14.6. The molecule has 0 radical (unpaired) electrons. The van der Waals surface area contributed by atoms with Crippen LogP contribution in [-0.4, -0.2) is 40.6 Å². The topological polar surface area (TPSA) is 36.8 Å². The first-order chi connectivity index (χ1) is 11.4. The number of quaternary nitrogens is 1. The number of anilines is 1. The number of nitrogens with one attached hydrogen (secondary N) is 2. The lowest BCUT2D eigenvalue weighted by atomic mass is 10.0. The summed E-state index contributed by atoms with van der Waals surface area (Å²) in [7, 11) is 8.11. The van der Waals surface area contributed by atoms with Gasteiger partial charge in [-0.25, -0.2) is 4.39 Å². The highest BCUT2D eigenvalue weighted by Crippen LogP contribution is 2.16. The zero-order valence-corrected chi connectivity index (χ0v) is 14.6. The van der Waals surface area contributed by atoms with Crippen LogP contribution >= 0.6 is 0 Å². The highest BCUT2D eigenvalue weighted by molar-refractivity contribution is 5.94. The first-order valence-electron chi connectivity index (χ1n) is 7.99. The van der Waals surface area contributed by atoms with Gasteiger partial charge >= 0.3 is 0 Å². The van der Waals surface area contributed by atoms with E-state index in [1.165, 1.54) is 17.0 Å². The molecule has 0 saturated heterocycles. The summed E-state index contributed by atoms with van der Waals surface area (Å²) in [5.41, 5.74) is 2.63. The van der Waals surface area contributed by atoms with Crippen molar-refractivity contribution in [1.29, 1.82) is 0 Å². The average molecular weight is 330 g/mol. The maximum Gasteiger partial charge on any atom is 0.251 e. The van der Waals surface area contributed by atoms with Crippen molar-refractivity contribution >= 4 is 11.6 Å². The molecular weight excluding hydrogens is 305 g/mol. The Morgan fingerprint density at radius 2 is 1.83 bits per heavy atom. The molecule has 2 N–H and O–H groups in total. The van der Waals surface area contributed by atoms with Gasteiger partial charge in [0, 0.05) is 30.9 Å². The zero-order chi connectivity index (χ0) is 17.7. The number of likely N-dealkylation sites (N-methyl/N-ethyl adjacent to an activating group) is 1. The lowest BCUT2D eigenvalue weighted by Crippen LogP contribution is -3.07. The number of amides is 1. The fraction of sp³-hybridized carbons (Fsp3) is 0.316. The lowest BCUT2D eigenvalue weighted by Gasteiger charge is -2.23. The fourth-order valence-corrected chi connectivity index (χ4v) is 2.59. The molecule has 0 aliphatic heterocycles. The molecule has 2 rings (SSSR count). The van der Waals surface area contributed by atoms with E-state index in [1.807, 2.05) is 19.0 Å². The minimum absolute atomic E-state index is 0.124. The number of hydrogen-bond donors (Lipinski definition) is 2. The Kier molecular flexibility index (Phi) is 5.93. The van der Waals surface area contributed by atoms with E-state index in [0.29, 0.717) is 12.1 Å². The van der Waals surface area contributed by atoms with E-state index < -0.39 is 5.82 Å². The second kappa shape index (κ2) is 7.93. The van der Waals surface area contributed by atoms with Crippen LogP contribution in [0.2, 0.25) is 0 Å². The summed E-state index contributed by atoms with van der Waals surface area (Å²) in [4.78, 5) is 15.5. The quantitative estimate of drug-likeness (QED) is 0.842. The lowest BCUT2D eigenvalue weighted by molar-refractivity contribution is -0.890. The smallest absolute Gasteiger partial charge is 0.251 e. The Morgan fingerprint density at radius 3 is 2.38 bits per heavy atom.